The number of rotatable bonds is 3. The summed E-state index contributed by atoms with van der Waals surface area (Å²) in [5.41, 5.74) is 1.81. The summed E-state index contributed by atoms with van der Waals surface area (Å²) < 4.78 is 0. The molecule has 0 spiro atoms. The van der Waals surface area contributed by atoms with Crippen molar-refractivity contribution in [3.63, 3.8) is 0 Å². The topological polar surface area (TPSA) is 90.7 Å². The largest absolute Gasteiger partial charge is 0.508 e. The number of aryl methyl sites for hydroxylation is 2. The minimum atomic E-state index is -0.847. The van der Waals surface area contributed by atoms with Crippen LogP contribution in [-0.2, 0) is 9.59 Å². The fourth-order valence-corrected chi connectivity index (χ4v) is 4.25. The predicted octanol–water partition coefficient (Wildman–Crippen LogP) is 4.09. The summed E-state index contributed by atoms with van der Waals surface area (Å²) in [4.78, 5) is 32.7. The van der Waals surface area contributed by atoms with Crippen LogP contribution < -0.4 is 4.90 Å². The molecule has 0 aliphatic carbocycles. The van der Waals surface area contributed by atoms with E-state index >= 15 is 0 Å². The highest BCUT2D eigenvalue weighted by Gasteiger charge is 2.48. The Labute approximate surface area is 171 Å². The van der Waals surface area contributed by atoms with E-state index in [1.54, 1.807) is 42.5 Å². The van der Waals surface area contributed by atoms with Crippen LogP contribution in [0, 0.1) is 13.8 Å². The van der Waals surface area contributed by atoms with E-state index in [2.05, 4.69) is 4.98 Å². The van der Waals surface area contributed by atoms with Crippen molar-refractivity contribution in [3.05, 3.63) is 81.9 Å². The van der Waals surface area contributed by atoms with Crippen molar-refractivity contribution >= 4 is 33.9 Å². The van der Waals surface area contributed by atoms with Gasteiger partial charge in [0.25, 0.3) is 5.78 Å². The number of hydrogen-bond acceptors (Lipinski definition) is 6. The molecule has 1 aliphatic heterocycles. The standard InChI is InChI=1S/C22H18N2O4S/c1-12-13(2)29-22(23-12)24-18(14-8-10-16(25)11-9-14)17(20(27)21(24)28)19(26)15-6-4-3-5-7-15/h3-11,18,25-26H,1-2H3/t18-/m0/s1. The molecule has 2 aromatic carbocycles. The Morgan fingerprint density at radius 2 is 1.69 bits per heavy atom. The molecule has 0 saturated carbocycles. The Hall–Kier alpha value is -3.45. The maximum absolute atomic E-state index is 13.0. The highest BCUT2D eigenvalue weighted by atomic mass is 32.1. The normalized spacial score (nSPS) is 18.4. The maximum atomic E-state index is 13.0. The van der Waals surface area contributed by atoms with Gasteiger partial charge in [-0.2, -0.15) is 0 Å². The molecule has 2 N–H and O–H groups in total. The van der Waals surface area contributed by atoms with Crippen LogP contribution >= 0.6 is 11.3 Å². The quantitative estimate of drug-likeness (QED) is 0.388. The molecule has 7 heteroatoms. The highest BCUT2D eigenvalue weighted by molar-refractivity contribution is 7.16. The Morgan fingerprint density at radius 1 is 1.03 bits per heavy atom. The molecular formula is C22H18N2O4S. The van der Waals surface area contributed by atoms with Crippen molar-refractivity contribution in [2.45, 2.75) is 19.9 Å². The molecule has 0 unspecified atom stereocenters. The number of Topliss-reactive ketones (excluding diaryl/α,β-unsaturated/α-hetero) is 1. The molecule has 1 atom stereocenters. The first kappa shape index (κ1) is 18.9. The number of aromatic nitrogens is 1. The number of nitrogens with zero attached hydrogens (tertiary/aromatic N) is 2. The van der Waals surface area contributed by atoms with Gasteiger partial charge in [0.1, 0.15) is 11.5 Å². The molecule has 146 valence electrons. The molecule has 6 nitrogen and oxygen atoms in total. The molecule has 1 aromatic heterocycles. The molecule has 1 amide bonds. The summed E-state index contributed by atoms with van der Waals surface area (Å²) in [6.07, 6.45) is 0. The number of ketones is 1. The minimum Gasteiger partial charge on any atom is -0.508 e. The number of amides is 1. The number of carbonyl (C=O) groups excluding carboxylic acids is 2. The summed E-state index contributed by atoms with van der Waals surface area (Å²) in [5.74, 6) is -1.69. The van der Waals surface area contributed by atoms with Crippen LogP contribution in [0.3, 0.4) is 0 Å². The second-order valence-corrected chi connectivity index (χ2v) is 7.95. The van der Waals surface area contributed by atoms with Crippen LogP contribution in [0.15, 0.2) is 60.2 Å². The molecule has 3 aromatic rings. The molecule has 0 bridgehead atoms. The van der Waals surface area contributed by atoms with E-state index in [9.17, 15) is 19.8 Å². The van der Waals surface area contributed by atoms with Crippen LogP contribution in [0.1, 0.15) is 27.7 Å². The molecule has 1 fully saturated rings. The number of aliphatic hydroxyl groups excluding tert-OH is 1. The Morgan fingerprint density at radius 3 is 2.28 bits per heavy atom. The number of hydrogen-bond donors (Lipinski definition) is 2. The lowest BCUT2D eigenvalue weighted by molar-refractivity contribution is -0.132. The molecule has 0 radical (unpaired) electrons. The van der Waals surface area contributed by atoms with Gasteiger partial charge < -0.3 is 10.2 Å². The number of anilines is 1. The van der Waals surface area contributed by atoms with Crippen LogP contribution in [-0.4, -0.2) is 26.9 Å². The molecule has 29 heavy (non-hydrogen) atoms. The van der Waals surface area contributed by atoms with E-state index in [4.69, 9.17) is 0 Å². The third-order valence-corrected chi connectivity index (χ3v) is 6.00. The molecule has 1 aliphatic rings. The van der Waals surface area contributed by atoms with Crippen LogP contribution in [0.4, 0.5) is 5.13 Å². The zero-order chi connectivity index (χ0) is 20.7. The third-order valence-electron chi connectivity index (χ3n) is 4.92. The zero-order valence-corrected chi connectivity index (χ0v) is 16.6. The van der Waals surface area contributed by atoms with E-state index < -0.39 is 17.7 Å². The monoisotopic (exact) mass is 406 g/mol. The van der Waals surface area contributed by atoms with E-state index in [1.165, 1.54) is 28.4 Å². The van der Waals surface area contributed by atoms with Crippen LogP contribution in [0.2, 0.25) is 0 Å². The van der Waals surface area contributed by atoms with Gasteiger partial charge in [-0.3, -0.25) is 14.5 Å². The summed E-state index contributed by atoms with van der Waals surface area (Å²) in [5, 5.41) is 21.0. The summed E-state index contributed by atoms with van der Waals surface area (Å²) in [6.45, 7) is 3.73. The van der Waals surface area contributed by atoms with Crippen molar-refractivity contribution in [1.82, 2.24) is 4.98 Å². The predicted molar refractivity (Wildman–Crippen MR) is 111 cm³/mol. The van der Waals surface area contributed by atoms with Crippen molar-refractivity contribution in [2.75, 3.05) is 4.90 Å². The Balaban J connectivity index is 1.95. The van der Waals surface area contributed by atoms with Crippen LogP contribution in [0.25, 0.3) is 5.76 Å². The van der Waals surface area contributed by atoms with Gasteiger partial charge in [-0.25, -0.2) is 4.98 Å². The lowest BCUT2D eigenvalue weighted by Gasteiger charge is -2.23. The fourth-order valence-electron chi connectivity index (χ4n) is 3.31. The minimum absolute atomic E-state index is 0.00241. The van der Waals surface area contributed by atoms with E-state index in [-0.39, 0.29) is 17.1 Å². The molecule has 1 saturated heterocycles. The van der Waals surface area contributed by atoms with Gasteiger partial charge in [0.15, 0.2) is 5.13 Å². The summed E-state index contributed by atoms with van der Waals surface area (Å²) in [7, 11) is 0. The van der Waals surface area contributed by atoms with Gasteiger partial charge >= 0.3 is 5.91 Å². The summed E-state index contributed by atoms with van der Waals surface area (Å²) >= 11 is 1.32. The first-order valence-corrected chi connectivity index (χ1v) is 9.79. The molecular weight excluding hydrogens is 388 g/mol. The van der Waals surface area contributed by atoms with Gasteiger partial charge in [-0.1, -0.05) is 42.5 Å². The van der Waals surface area contributed by atoms with Gasteiger partial charge in [-0.05, 0) is 31.5 Å². The number of aliphatic hydroxyl groups is 1. The third kappa shape index (κ3) is 3.19. The highest BCUT2D eigenvalue weighted by Crippen LogP contribution is 2.43. The summed E-state index contributed by atoms with van der Waals surface area (Å²) in [6, 6.07) is 14.0. The van der Waals surface area contributed by atoms with Crippen LogP contribution in [0.5, 0.6) is 5.75 Å². The Bertz CT molecular complexity index is 1110. The smallest absolute Gasteiger partial charge is 0.301 e. The maximum Gasteiger partial charge on any atom is 0.301 e. The molecule has 4 rings (SSSR count). The SMILES string of the molecule is Cc1nc(N2C(=O)C(=O)C(=C(O)c3ccccc3)[C@@H]2c2ccc(O)cc2)sc1C. The van der Waals surface area contributed by atoms with E-state index in [1.807, 2.05) is 13.8 Å². The number of benzene rings is 2. The van der Waals surface area contributed by atoms with E-state index in [0.29, 0.717) is 16.3 Å². The number of phenolic OH excluding ortho intramolecular Hbond substituents is 1. The van der Waals surface area contributed by atoms with Gasteiger partial charge in [0.2, 0.25) is 0 Å². The number of phenols is 1. The first-order chi connectivity index (χ1) is 13.9. The van der Waals surface area contributed by atoms with Crippen molar-refractivity contribution in [1.29, 1.82) is 0 Å². The average Bonchev–Trinajstić information content (AvgIpc) is 3.18. The second-order valence-electron chi connectivity index (χ2n) is 6.76. The number of carbonyl (C=O) groups is 2. The molecule has 2 heterocycles. The zero-order valence-electron chi connectivity index (χ0n) is 15.8. The van der Waals surface area contributed by atoms with Gasteiger partial charge in [0, 0.05) is 10.4 Å². The fraction of sp³-hybridized carbons (Fsp3) is 0.136. The Kier molecular flexibility index (Phi) is 4.68. The van der Waals surface area contributed by atoms with E-state index in [0.717, 1.165) is 10.6 Å². The van der Waals surface area contributed by atoms with Crippen molar-refractivity contribution < 1.29 is 19.8 Å². The first-order valence-electron chi connectivity index (χ1n) is 8.98. The second kappa shape index (κ2) is 7.18. The average molecular weight is 406 g/mol. The lowest BCUT2D eigenvalue weighted by atomic mass is 9.95. The van der Waals surface area contributed by atoms with Gasteiger partial charge in [0.05, 0.1) is 17.3 Å². The lowest BCUT2D eigenvalue weighted by Crippen LogP contribution is -2.29. The number of thiazole rings is 1. The van der Waals surface area contributed by atoms with Crippen molar-refractivity contribution in [2.24, 2.45) is 0 Å². The number of aromatic hydroxyl groups is 1. The van der Waals surface area contributed by atoms with Crippen molar-refractivity contribution in [3.8, 4) is 5.75 Å². The van der Waals surface area contributed by atoms with Gasteiger partial charge in [-0.15, -0.1) is 11.3 Å².